The molecule has 1 saturated heterocycles. The van der Waals surface area contributed by atoms with Gasteiger partial charge in [-0.05, 0) is 74.5 Å². The number of rotatable bonds is 8. The lowest BCUT2D eigenvalue weighted by Gasteiger charge is -2.30. The Bertz CT molecular complexity index is 1090. The number of Topliss-reactive ketones (excluding diaryl/α,β-unsaturated/α-hetero) is 2. The van der Waals surface area contributed by atoms with Crippen molar-refractivity contribution in [1.29, 1.82) is 0 Å². The lowest BCUT2D eigenvalue weighted by atomic mass is 9.88. The van der Waals surface area contributed by atoms with Crippen LogP contribution in [-0.4, -0.2) is 56.7 Å². The molecule has 32 heavy (non-hydrogen) atoms. The van der Waals surface area contributed by atoms with Crippen LogP contribution in [0.25, 0.3) is 0 Å². The van der Waals surface area contributed by atoms with Crippen LogP contribution in [0.1, 0.15) is 40.5 Å². The molecule has 1 fully saturated rings. The number of hydrogen-bond donors (Lipinski definition) is 2. The van der Waals surface area contributed by atoms with Gasteiger partial charge < -0.3 is 5.32 Å². The lowest BCUT2D eigenvalue weighted by Crippen LogP contribution is -2.39. The molecule has 0 unspecified atom stereocenters. The number of carbonyl (C=O) groups excluding carboxylic acids is 3. The Kier molecular flexibility index (Phi) is 7.42. The van der Waals surface area contributed by atoms with Crippen molar-refractivity contribution in [2.24, 2.45) is 5.92 Å². The molecule has 2 aromatic carbocycles. The Morgan fingerprint density at radius 2 is 1.44 bits per heavy atom. The van der Waals surface area contributed by atoms with Crippen LogP contribution >= 0.6 is 0 Å². The van der Waals surface area contributed by atoms with Crippen LogP contribution in [0, 0.1) is 5.92 Å². The summed E-state index contributed by atoms with van der Waals surface area (Å²) < 4.78 is 24.9. The maximum atomic E-state index is 12.8. The van der Waals surface area contributed by atoms with E-state index in [2.05, 4.69) is 10.0 Å². The Labute approximate surface area is 188 Å². The highest BCUT2D eigenvalue weighted by molar-refractivity contribution is 7.92. The van der Waals surface area contributed by atoms with Gasteiger partial charge in [0.15, 0.2) is 11.6 Å². The van der Waals surface area contributed by atoms with Gasteiger partial charge in [0, 0.05) is 35.3 Å². The van der Waals surface area contributed by atoms with Crippen LogP contribution < -0.4 is 10.0 Å². The van der Waals surface area contributed by atoms with E-state index in [0.717, 1.165) is 6.26 Å². The van der Waals surface area contributed by atoms with Gasteiger partial charge in [-0.15, -0.1) is 0 Å². The van der Waals surface area contributed by atoms with Gasteiger partial charge in [0.2, 0.25) is 15.9 Å². The molecule has 1 heterocycles. The molecule has 0 aliphatic carbocycles. The van der Waals surface area contributed by atoms with Crippen LogP contribution in [0.5, 0.6) is 0 Å². The molecule has 0 aromatic heterocycles. The third kappa shape index (κ3) is 6.73. The number of ketones is 2. The highest BCUT2D eigenvalue weighted by Gasteiger charge is 2.26. The molecule has 0 spiro atoms. The van der Waals surface area contributed by atoms with Gasteiger partial charge in [-0.25, -0.2) is 8.42 Å². The summed E-state index contributed by atoms with van der Waals surface area (Å²) in [6.45, 7) is 2.99. The first-order chi connectivity index (χ1) is 15.1. The van der Waals surface area contributed by atoms with E-state index in [1.54, 1.807) is 48.5 Å². The third-order valence-electron chi connectivity index (χ3n) is 5.33. The smallest absolute Gasteiger partial charge is 0.229 e. The van der Waals surface area contributed by atoms with Gasteiger partial charge in [0.1, 0.15) is 0 Å². The Morgan fingerprint density at radius 1 is 0.906 bits per heavy atom. The molecule has 170 valence electrons. The number of piperidine rings is 1. The topological polar surface area (TPSA) is 113 Å². The molecule has 1 aliphatic rings. The van der Waals surface area contributed by atoms with Crippen molar-refractivity contribution in [1.82, 2.24) is 4.90 Å². The van der Waals surface area contributed by atoms with Crippen LogP contribution in [-0.2, 0) is 14.8 Å². The van der Waals surface area contributed by atoms with E-state index in [9.17, 15) is 22.8 Å². The predicted octanol–water partition coefficient (Wildman–Crippen LogP) is 2.79. The minimum absolute atomic E-state index is 0.0470. The number of nitrogens with one attached hydrogen (secondary N) is 2. The van der Waals surface area contributed by atoms with E-state index in [4.69, 9.17) is 0 Å². The van der Waals surface area contributed by atoms with Crippen molar-refractivity contribution in [3.8, 4) is 0 Å². The highest BCUT2D eigenvalue weighted by Crippen LogP contribution is 2.23. The van der Waals surface area contributed by atoms with Crippen molar-refractivity contribution in [3.63, 3.8) is 0 Å². The van der Waals surface area contributed by atoms with Crippen molar-refractivity contribution < 1.29 is 22.8 Å². The molecule has 0 radical (unpaired) electrons. The number of nitrogens with zero attached hydrogens (tertiary/aromatic N) is 1. The van der Waals surface area contributed by atoms with E-state index in [-0.39, 0.29) is 29.9 Å². The van der Waals surface area contributed by atoms with Crippen LogP contribution in [0.2, 0.25) is 0 Å². The first kappa shape index (κ1) is 23.6. The minimum Gasteiger partial charge on any atom is -0.326 e. The van der Waals surface area contributed by atoms with Crippen molar-refractivity contribution in [2.75, 3.05) is 35.9 Å². The highest BCUT2D eigenvalue weighted by atomic mass is 32.2. The summed E-state index contributed by atoms with van der Waals surface area (Å²) in [5.74, 6) is -0.213. The van der Waals surface area contributed by atoms with Gasteiger partial charge in [-0.3, -0.25) is 24.0 Å². The van der Waals surface area contributed by atoms with Crippen molar-refractivity contribution in [2.45, 2.75) is 19.8 Å². The molecular formula is C23H27N3O5S. The predicted molar refractivity (Wildman–Crippen MR) is 123 cm³/mol. The second-order valence-corrected chi connectivity index (χ2v) is 9.80. The second kappa shape index (κ2) is 10.1. The van der Waals surface area contributed by atoms with Gasteiger partial charge in [-0.2, -0.15) is 0 Å². The van der Waals surface area contributed by atoms with Gasteiger partial charge in [-0.1, -0.05) is 0 Å². The minimum atomic E-state index is -3.36. The Morgan fingerprint density at radius 3 is 1.97 bits per heavy atom. The SMILES string of the molecule is CC(=O)Nc1ccc(C(=O)C2CCN(CC(=O)c3ccc(NS(C)(=O)=O)cc3)CC2)cc1. The molecule has 3 rings (SSSR count). The summed E-state index contributed by atoms with van der Waals surface area (Å²) in [5.41, 5.74) is 2.20. The molecule has 0 bridgehead atoms. The number of likely N-dealkylation sites (tertiary alicyclic amines) is 1. The lowest BCUT2D eigenvalue weighted by molar-refractivity contribution is -0.114. The second-order valence-electron chi connectivity index (χ2n) is 8.05. The molecule has 1 aliphatic heterocycles. The zero-order chi connectivity index (χ0) is 23.3. The maximum Gasteiger partial charge on any atom is 0.229 e. The first-order valence-corrected chi connectivity index (χ1v) is 12.2. The number of hydrogen-bond acceptors (Lipinski definition) is 6. The van der Waals surface area contributed by atoms with Crippen LogP contribution in [0.3, 0.4) is 0 Å². The number of carbonyl (C=O) groups is 3. The summed E-state index contributed by atoms with van der Waals surface area (Å²) in [5, 5.41) is 2.68. The summed E-state index contributed by atoms with van der Waals surface area (Å²) in [7, 11) is -3.36. The van der Waals surface area contributed by atoms with Crippen LogP contribution in [0.4, 0.5) is 11.4 Å². The van der Waals surface area contributed by atoms with E-state index in [0.29, 0.717) is 48.4 Å². The Hall–Kier alpha value is -3.04. The number of amides is 1. The summed E-state index contributed by atoms with van der Waals surface area (Å²) in [4.78, 5) is 38.5. The molecule has 0 saturated carbocycles. The fraction of sp³-hybridized carbons (Fsp3) is 0.348. The van der Waals surface area contributed by atoms with E-state index in [1.165, 1.54) is 6.92 Å². The molecule has 0 atom stereocenters. The fourth-order valence-electron chi connectivity index (χ4n) is 3.74. The van der Waals surface area contributed by atoms with Gasteiger partial charge in [0.05, 0.1) is 12.8 Å². The monoisotopic (exact) mass is 457 g/mol. The van der Waals surface area contributed by atoms with Gasteiger partial charge in [0.25, 0.3) is 0 Å². The van der Waals surface area contributed by atoms with E-state index in [1.807, 2.05) is 4.90 Å². The number of anilines is 2. The molecule has 8 nitrogen and oxygen atoms in total. The van der Waals surface area contributed by atoms with Crippen molar-refractivity contribution >= 4 is 38.9 Å². The standard InChI is InChI=1S/C23H27N3O5S/c1-16(27)24-20-7-5-18(6-8-20)23(29)19-11-13-26(14-12-19)15-22(28)17-3-9-21(10-4-17)25-32(2,30)31/h3-10,19,25H,11-15H2,1-2H3,(H,24,27). The summed E-state index contributed by atoms with van der Waals surface area (Å²) >= 11 is 0. The number of benzene rings is 2. The fourth-order valence-corrected chi connectivity index (χ4v) is 4.31. The average molecular weight is 458 g/mol. The quantitative estimate of drug-likeness (QED) is 0.590. The summed E-state index contributed by atoms with van der Waals surface area (Å²) in [6, 6.07) is 13.2. The number of sulfonamides is 1. The largest absolute Gasteiger partial charge is 0.326 e. The van der Waals surface area contributed by atoms with E-state index >= 15 is 0 Å². The normalized spacial score (nSPS) is 15.2. The zero-order valence-corrected chi connectivity index (χ0v) is 18.9. The molecule has 9 heteroatoms. The van der Waals surface area contributed by atoms with Crippen molar-refractivity contribution in [3.05, 3.63) is 59.7 Å². The molecule has 2 N–H and O–H groups in total. The maximum absolute atomic E-state index is 12.8. The Balaban J connectivity index is 1.50. The third-order valence-corrected chi connectivity index (χ3v) is 5.93. The van der Waals surface area contributed by atoms with E-state index < -0.39 is 10.0 Å². The zero-order valence-electron chi connectivity index (χ0n) is 18.1. The molecule has 2 aromatic rings. The van der Waals surface area contributed by atoms with Crippen LogP contribution in [0.15, 0.2) is 48.5 Å². The summed E-state index contributed by atoms with van der Waals surface area (Å²) in [6.07, 6.45) is 2.43. The molecule has 1 amide bonds. The first-order valence-electron chi connectivity index (χ1n) is 10.4. The average Bonchev–Trinajstić information content (AvgIpc) is 2.73. The molecular weight excluding hydrogens is 430 g/mol. The van der Waals surface area contributed by atoms with Gasteiger partial charge >= 0.3 is 0 Å².